The van der Waals surface area contributed by atoms with Crippen molar-refractivity contribution in [2.75, 3.05) is 24.7 Å². The summed E-state index contributed by atoms with van der Waals surface area (Å²) in [6.07, 6.45) is 1.12. The molecule has 0 atom stereocenters. The predicted molar refractivity (Wildman–Crippen MR) is 70.8 cm³/mol. The van der Waals surface area contributed by atoms with Gasteiger partial charge >= 0.3 is 5.97 Å². The second-order valence-electron chi connectivity index (χ2n) is 3.59. The highest BCUT2D eigenvalue weighted by molar-refractivity contribution is 8.14. The molecule has 0 spiro atoms. The van der Waals surface area contributed by atoms with Gasteiger partial charge in [0.1, 0.15) is 0 Å². The van der Waals surface area contributed by atoms with Gasteiger partial charge in [0.2, 0.25) is 0 Å². The molecule has 90 valence electrons. The van der Waals surface area contributed by atoms with Crippen LogP contribution in [0.1, 0.15) is 16.8 Å². The van der Waals surface area contributed by atoms with Crippen LogP contribution in [0, 0.1) is 0 Å². The number of methoxy groups -OCH3 is 1. The molecule has 1 aromatic carbocycles. The van der Waals surface area contributed by atoms with Crippen molar-refractivity contribution in [1.29, 1.82) is 0 Å². The van der Waals surface area contributed by atoms with Gasteiger partial charge in [0.25, 0.3) is 0 Å². The number of amidine groups is 1. The minimum absolute atomic E-state index is 0.327. The number of hydrogen-bond donors (Lipinski definition) is 1. The first-order valence-electron chi connectivity index (χ1n) is 5.42. The van der Waals surface area contributed by atoms with Gasteiger partial charge in [-0.2, -0.15) is 0 Å². The summed E-state index contributed by atoms with van der Waals surface area (Å²) in [5.41, 5.74) is 1.40. The second kappa shape index (κ2) is 5.72. The van der Waals surface area contributed by atoms with E-state index in [-0.39, 0.29) is 5.97 Å². The first-order chi connectivity index (χ1) is 8.29. The molecule has 1 N–H and O–H groups in total. The van der Waals surface area contributed by atoms with E-state index in [1.165, 1.54) is 7.11 Å². The number of hydrogen-bond acceptors (Lipinski definition) is 5. The van der Waals surface area contributed by atoms with Crippen LogP contribution in [-0.2, 0) is 4.74 Å². The van der Waals surface area contributed by atoms with Crippen LogP contribution in [0.5, 0.6) is 0 Å². The Morgan fingerprint density at radius 3 is 3.12 bits per heavy atom. The lowest BCUT2D eigenvalue weighted by Gasteiger charge is -2.13. The second-order valence-corrected chi connectivity index (χ2v) is 4.67. The van der Waals surface area contributed by atoms with E-state index >= 15 is 0 Å². The summed E-state index contributed by atoms with van der Waals surface area (Å²) in [6.45, 7) is 0.867. The van der Waals surface area contributed by atoms with Crippen LogP contribution < -0.4 is 5.32 Å². The van der Waals surface area contributed by atoms with Crippen LogP contribution in [0.4, 0.5) is 5.69 Å². The Labute approximate surface area is 104 Å². The van der Waals surface area contributed by atoms with Crippen molar-refractivity contribution in [3.05, 3.63) is 29.8 Å². The maximum absolute atomic E-state index is 11.4. The largest absolute Gasteiger partial charge is 0.465 e. The molecule has 0 saturated heterocycles. The Morgan fingerprint density at radius 1 is 1.53 bits per heavy atom. The van der Waals surface area contributed by atoms with Gasteiger partial charge in [-0.3, -0.25) is 4.99 Å². The zero-order chi connectivity index (χ0) is 12.1. The molecule has 0 fully saturated rings. The van der Waals surface area contributed by atoms with Crippen molar-refractivity contribution in [1.82, 2.24) is 0 Å². The number of ether oxygens (including phenoxy) is 1. The molecule has 0 aromatic heterocycles. The summed E-state index contributed by atoms with van der Waals surface area (Å²) >= 11 is 1.70. The molecule has 1 aromatic rings. The van der Waals surface area contributed by atoms with E-state index in [9.17, 15) is 4.79 Å². The lowest BCUT2D eigenvalue weighted by molar-refractivity contribution is 0.0601. The van der Waals surface area contributed by atoms with Gasteiger partial charge in [-0.05, 0) is 24.6 Å². The van der Waals surface area contributed by atoms with Gasteiger partial charge in [-0.1, -0.05) is 17.8 Å². The van der Waals surface area contributed by atoms with E-state index in [2.05, 4.69) is 15.0 Å². The van der Waals surface area contributed by atoms with Crippen LogP contribution in [0.25, 0.3) is 0 Å². The topological polar surface area (TPSA) is 50.7 Å². The summed E-state index contributed by atoms with van der Waals surface area (Å²) in [4.78, 5) is 15.7. The maximum Gasteiger partial charge on any atom is 0.337 e. The molecule has 0 aliphatic carbocycles. The van der Waals surface area contributed by atoms with Gasteiger partial charge in [-0.25, -0.2) is 4.79 Å². The fraction of sp³-hybridized carbons (Fsp3) is 0.333. The number of carbonyl (C=O) groups excluding carboxylic acids is 1. The fourth-order valence-electron chi connectivity index (χ4n) is 1.50. The van der Waals surface area contributed by atoms with Crippen LogP contribution in [0.15, 0.2) is 29.3 Å². The highest BCUT2D eigenvalue weighted by atomic mass is 32.2. The molecule has 0 saturated carbocycles. The molecule has 2 rings (SSSR count). The summed E-state index contributed by atoms with van der Waals surface area (Å²) in [5.74, 6) is 0.759. The number of rotatable bonds is 2. The minimum Gasteiger partial charge on any atom is -0.465 e. The molecule has 5 heteroatoms. The quantitative estimate of drug-likeness (QED) is 0.819. The highest BCUT2D eigenvalue weighted by Gasteiger charge is 2.08. The van der Waals surface area contributed by atoms with Gasteiger partial charge in [0.05, 0.1) is 12.7 Å². The number of carbonyl (C=O) groups is 1. The smallest absolute Gasteiger partial charge is 0.337 e. The zero-order valence-corrected chi connectivity index (χ0v) is 10.4. The Balaban J connectivity index is 2.10. The van der Waals surface area contributed by atoms with Gasteiger partial charge < -0.3 is 10.1 Å². The molecule has 0 bridgehead atoms. The number of esters is 1. The molecular weight excluding hydrogens is 236 g/mol. The van der Waals surface area contributed by atoms with Crippen LogP contribution in [0.3, 0.4) is 0 Å². The number of aliphatic imine (C=N–C) groups is 1. The lowest BCUT2D eigenvalue weighted by Crippen LogP contribution is -2.13. The van der Waals surface area contributed by atoms with Crippen molar-refractivity contribution in [2.45, 2.75) is 6.42 Å². The Bertz CT molecular complexity index is 446. The number of thioether (sulfide) groups is 1. The first-order valence-corrected chi connectivity index (χ1v) is 6.41. The predicted octanol–water partition coefficient (Wildman–Crippen LogP) is 2.38. The monoisotopic (exact) mass is 250 g/mol. The molecule has 0 amide bonds. The SMILES string of the molecule is COC(=O)c1cccc(NC2=NCCCS2)c1. The normalized spacial score (nSPS) is 15.0. The number of benzene rings is 1. The van der Waals surface area contributed by atoms with Crippen molar-refractivity contribution < 1.29 is 9.53 Å². The Kier molecular flexibility index (Phi) is 4.03. The van der Waals surface area contributed by atoms with Crippen molar-refractivity contribution in [2.24, 2.45) is 4.99 Å². The van der Waals surface area contributed by atoms with Crippen LogP contribution in [0.2, 0.25) is 0 Å². The Hall–Kier alpha value is -1.49. The molecule has 0 unspecified atom stereocenters. The number of nitrogens with zero attached hydrogens (tertiary/aromatic N) is 1. The first kappa shape index (κ1) is 12.0. The number of anilines is 1. The van der Waals surface area contributed by atoms with E-state index in [1.807, 2.05) is 12.1 Å². The standard InChI is InChI=1S/C12H14N2O2S/c1-16-11(15)9-4-2-5-10(8-9)14-12-13-6-3-7-17-12/h2,4-5,8H,3,6-7H2,1H3,(H,13,14). The third-order valence-corrected chi connectivity index (χ3v) is 3.33. The van der Waals surface area contributed by atoms with Crippen molar-refractivity contribution >= 4 is 28.6 Å². The molecule has 17 heavy (non-hydrogen) atoms. The third-order valence-electron chi connectivity index (χ3n) is 2.33. The average molecular weight is 250 g/mol. The summed E-state index contributed by atoms with van der Waals surface area (Å²) in [7, 11) is 1.38. The highest BCUT2D eigenvalue weighted by Crippen LogP contribution is 2.17. The van der Waals surface area contributed by atoms with E-state index in [1.54, 1.807) is 23.9 Å². The Morgan fingerprint density at radius 2 is 2.41 bits per heavy atom. The zero-order valence-electron chi connectivity index (χ0n) is 9.60. The summed E-state index contributed by atoms with van der Waals surface area (Å²) < 4.78 is 4.68. The molecular formula is C12H14N2O2S. The molecule has 1 heterocycles. The molecule has 1 aliphatic heterocycles. The molecule has 4 nitrogen and oxygen atoms in total. The van der Waals surface area contributed by atoms with E-state index < -0.39 is 0 Å². The van der Waals surface area contributed by atoms with Crippen molar-refractivity contribution in [3.8, 4) is 0 Å². The van der Waals surface area contributed by atoms with Gasteiger partial charge in [0, 0.05) is 18.0 Å². The van der Waals surface area contributed by atoms with E-state index in [0.29, 0.717) is 5.56 Å². The van der Waals surface area contributed by atoms with Crippen LogP contribution in [-0.4, -0.2) is 30.5 Å². The molecule has 1 aliphatic rings. The summed E-state index contributed by atoms with van der Waals surface area (Å²) in [6, 6.07) is 7.23. The average Bonchev–Trinajstić information content (AvgIpc) is 2.39. The van der Waals surface area contributed by atoms with Gasteiger partial charge in [0.15, 0.2) is 5.17 Å². The van der Waals surface area contributed by atoms with E-state index in [0.717, 1.165) is 29.6 Å². The van der Waals surface area contributed by atoms with Crippen molar-refractivity contribution in [3.63, 3.8) is 0 Å². The van der Waals surface area contributed by atoms with Gasteiger partial charge in [-0.15, -0.1) is 0 Å². The van der Waals surface area contributed by atoms with Crippen LogP contribution >= 0.6 is 11.8 Å². The lowest BCUT2D eigenvalue weighted by atomic mass is 10.2. The fourth-order valence-corrected chi connectivity index (χ4v) is 2.34. The number of nitrogens with one attached hydrogen (secondary N) is 1. The molecule has 0 radical (unpaired) electrons. The third kappa shape index (κ3) is 3.23. The maximum atomic E-state index is 11.4. The van der Waals surface area contributed by atoms with E-state index in [4.69, 9.17) is 0 Å². The minimum atomic E-state index is -0.327. The summed E-state index contributed by atoms with van der Waals surface area (Å²) in [5, 5.41) is 4.12.